The molecule has 0 unspecified atom stereocenters. The van der Waals surface area contributed by atoms with Gasteiger partial charge < -0.3 is 0 Å². The second-order valence-electron chi connectivity index (χ2n) is 2.05. The van der Waals surface area contributed by atoms with Gasteiger partial charge in [-0.25, -0.2) is 14.0 Å². The normalized spacial score (nSPS) is 11.4. The number of fused-ring (bicyclic) bond motifs is 2. The first kappa shape index (κ1) is 6.02. The lowest BCUT2D eigenvalue weighted by atomic mass is 10.5. The molecule has 0 amide bonds. The van der Waals surface area contributed by atoms with Crippen LogP contribution in [0.4, 0.5) is 4.39 Å². The summed E-state index contributed by atoms with van der Waals surface area (Å²) in [6.45, 7) is 0. The zero-order valence-electron chi connectivity index (χ0n) is 5.07. The Bertz CT molecular complexity index is 525. The molecule has 0 radical (unpaired) electrons. The van der Waals surface area contributed by atoms with Gasteiger partial charge in [0.25, 0.3) is 0 Å². The average molecular weight is 156 g/mol. The molecule has 0 aliphatic carbocycles. The molecular weight excluding hydrogens is 155 g/mol. The molecule has 5 nitrogen and oxygen atoms in total. The Morgan fingerprint density at radius 3 is 2.09 bits per heavy atom. The zero-order valence-corrected chi connectivity index (χ0v) is 5.07. The largest absolute Gasteiger partial charge is 0.347 e. The van der Waals surface area contributed by atoms with Gasteiger partial charge in [0.05, 0.1) is 6.20 Å². The summed E-state index contributed by atoms with van der Waals surface area (Å²) in [4.78, 5) is 31.8. The third kappa shape index (κ3) is 0.473. The molecule has 56 valence electrons. The van der Waals surface area contributed by atoms with Crippen molar-refractivity contribution < 1.29 is 4.39 Å². The topological polar surface area (TPSA) is 60.0 Å². The number of hydrogen-bond acceptors (Lipinski definition) is 3. The summed E-state index contributed by atoms with van der Waals surface area (Å²) >= 11 is 0. The quantitative estimate of drug-likeness (QED) is 0.449. The lowest BCUT2D eigenvalue weighted by Crippen LogP contribution is -2.55. The Balaban J connectivity index is 3.26. The van der Waals surface area contributed by atoms with Crippen molar-refractivity contribution in [3.8, 4) is 0 Å². The van der Waals surface area contributed by atoms with E-state index in [4.69, 9.17) is 0 Å². The van der Waals surface area contributed by atoms with Crippen molar-refractivity contribution in [2.45, 2.75) is 0 Å². The van der Waals surface area contributed by atoms with Crippen LogP contribution in [0.5, 0.6) is 0 Å². The predicted octanol–water partition coefficient (Wildman–Crippen LogP) is -1.87. The van der Waals surface area contributed by atoms with E-state index < -0.39 is 22.8 Å². The molecule has 0 saturated carbocycles. The molecule has 0 fully saturated rings. The minimum atomic E-state index is -1.18. The molecule has 3 aromatic rings. The van der Waals surface area contributed by atoms with E-state index in [-0.39, 0.29) is 4.40 Å². The molecule has 3 heterocycles. The smallest absolute Gasteiger partial charge is 0.265 e. The van der Waals surface area contributed by atoms with Crippen LogP contribution in [0.2, 0.25) is 0 Å². The van der Waals surface area contributed by atoms with Gasteiger partial charge in [-0.15, -0.1) is 0 Å². The summed E-state index contributed by atoms with van der Waals surface area (Å²) in [7, 11) is 0. The van der Waals surface area contributed by atoms with E-state index in [0.29, 0.717) is 10.6 Å². The first-order chi connectivity index (χ1) is 5.13. The number of halogens is 1. The van der Waals surface area contributed by atoms with Crippen LogP contribution in [0.3, 0.4) is 0 Å². The maximum absolute atomic E-state index is 12.3. The number of hydrogen-bond donors (Lipinski definition) is 0. The highest BCUT2D eigenvalue weighted by molar-refractivity contribution is 4.96. The van der Waals surface area contributed by atoms with E-state index in [1.165, 1.54) is 0 Å². The van der Waals surface area contributed by atoms with Crippen molar-refractivity contribution in [1.82, 2.24) is 8.80 Å². The van der Waals surface area contributed by atoms with Gasteiger partial charge in [-0.05, 0) is 0 Å². The van der Waals surface area contributed by atoms with E-state index in [9.17, 15) is 18.8 Å². The van der Waals surface area contributed by atoms with Crippen molar-refractivity contribution in [3.05, 3.63) is 43.3 Å². The Morgan fingerprint density at radius 2 is 1.73 bits per heavy atom. The molecule has 2 bridgehead atoms. The lowest BCUT2D eigenvalue weighted by Gasteiger charge is -2.01. The maximum Gasteiger partial charge on any atom is 0.347 e. The molecule has 11 heavy (non-hydrogen) atoms. The summed E-state index contributed by atoms with van der Waals surface area (Å²) < 4.78 is 13.1. The first-order valence-electron chi connectivity index (χ1n) is 2.72. The Hall–Kier alpha value is -1.72. The van der Waals surface area contributed by atoms with Crippen molar-refractivity contribution in [1.29, 1.82) is 0 Å². The first-order valence-corrected chi connectivity index (χ1v) is 2.72. The Morgan fingerprint density at radius 1 is 1.18 bits per heavy atom. The number of aromatic nitrogens is 2. The highest BCUT2D eigenvalue weighted by Gasteiger charge is 2.16. The summed E-state index contributed by atoms with van der Waals surface area (Å²) in [5.41, 5.74) is -2.76. The Labute approximate surface area is 57.6 Å². The summed E-state index contributed by atoms with van der Waals surface area (Å²) in [6, 6.07) is 0. The highest BCUT2D eigenvalue weighted by atomic mass is 19.1. The lowest BCUT2D eigenvalue weighted by molar-refractivity contribution is 0.539. The molecule has 0 aromatic carbocycles. The van der Waals surface area contributed by atoms with Crippen LogP contribution < -0.4 is 16.9 Å². The zero-order chi connectivity index (χ0) is 8.17. The number of nitrogens with zero attached hydrogens (tertiary/aromatic N) is 2. The van der Waals surface area contributed by atoms with Crippen LogP contribution in [-0.2, 0) is 0 Å². The summed E-state index contributed by atoms with van der Waals surface area (Å²) in [6.07, 6.45) is 0.590. The van der Waals surface area contributed by atoms with Crippen molar-refractivity contribution in [2.75, 3.05) is 0 Å². The predicted molar refractivity (Wildman–Crippen MR) is 32.0 cm³/mol. The van der Waals surface area contributed by atoms with Gasteiger partial charge in [-0.1, -0.05) is 0 Å². The van der Waals surface area contributed by atoms with Gasteiger partial charge in [-0.2, -0.15) is 8.79 Å². The second kappa shape index (κ2) is 1.47. The number of rotatable bonds is 0. The monoisotopic (exact) mass is 156 g/mol. The fourth-order valence-electron chi connectivity index (χ4n) is 0.894. The molecule has 0 aliphatic heterocycles. The van der Waals surface area contributed by atoms with Gasteiger partial charge in [-0.3, -0.25) is 4.79 Å². The van der Waals surface area contributed by atoms with Gasteiger partial charge in [0.1, 0.15) is 0 Å². The van der Waals surface area contributed by atoms with Gasteiger partial charge in [0.15, 0.2) is 0 Å². The summed E-state index contributed by atoms with van der Waals surface area (Å²) in [5.74, 6) is -1.09. The van der Waals surface area contributed by atoms with Gasteiger partial charge in [0, 0.05) is 0 Å². The molecule has 0 spiro atoms. The van der Waals surface area contributed by atoms with E-state index in [2.05, 4.69) is 0 Å². The molecule has 0 N–H and O–H groups in total. The van der Waals surface area contributed by atoms with Gasteiger partial charge >= 0.3 is 16.9 Å². The van der Waals surface area contributed by atoms with E-state index in [1.54, 1.807) is 0 Å². The minimum Gasteiger partial charge on any atom is -0.265 e. The summed E-state index contributed by atoms with van der Waals surface area (Å²) in [5, 5.41) is 0. The average Bonchev–Trinajstić information content (AvgIpc) is 1.97. The van der Waals surface area contributed by atoms with Crippen LogP contribution in [0.25, 0.3) is 0 Å². The highest BCUT2D eigenvalue weighted by Crippen LogP contribution is 1.81. The van der Waals surface area contributed by atoms with Crippen molar-refractivity contribution in [3.63, 3.8) is 0 Å². The fourth-order valence-corrected chi connectivity index (χ4v) is 0.894. The van der Waals surface area contributed by atoms with E-state index >= 15 is 0 Å². The van der Waals surface area contributed by atoms with E-state index in [0.717, 1.165) is 0 Å². The van der Waals surface area contributed by atoms with Gasteiger partial charge in [0.2, 0.25) is 5.82 Å². The van der Waals surface area contributed by atoms with Crippen molar-refractivity contribution >= 4 is 0 Å². The maximum atomic E-state index is 12.3. The minimum absolute atomic E-state index is 0.245. The van der Waals surface area contributed by atoms with Crippen LogP contribution in [0, 0.1) is 5.82 Å². The molecule has 3 aromatic heterocycles. The van der Waals surface area contributed by atoms with E-state index in [1.807, 2.05) is 0 Å². The third-order valence-corrected chi connectivity index (χ3v) is 1.44. The van der Waals surface area contributed by atoms with Crippen molar-refractivity contribution in [2.24, 2.45) is 0 Å². The molecule has 0 aliphatic rings. The van der Waals surface area contributed by atoms with Crippen LogP contribution in [0.1, 0.15) is 0 Å². The van der Waals surface area contributed by atoms with Crippen LogP contribution >= 0.6 is 0 Å². The standard InChI is InChI=1S/C5HFN2O3/c6-2-1-7-4(10)8(3(2)9)5(7)11/h1H. The fraction of sp³-hybridized carbons (Fsp3) is 0. The second-order valence-corrected chi connectivity index (χ2v) is 2.05. The SMILES string of the molecule is O=c1c(F)cn2c(=O)n1c2=O. The molecule has 0 atom stereocenters. The molecule has 0 saturated heterocycles. The third-order valence-electron chi connectivity index (χ3n) is 1.44. The molecular formula is C5HFN2O3. The Kier molecular flexibility index (Phi) is 0.804. The van der Waals surface area contributed by atoms with Crippen LogP contribution in [0.15, 0.2) is 20.6 Å². The molecule has 3 rings (SSSR count). The molecule has 6 heteroatoms. The van der Waals surface area contributed by atoms with Crippen LogP contribution in [-0.4, -0.2) is 8.80 Å².